The number of rotatable bonds is 6. The number of methoxy groups -OCH3 is 1. The van der Waals surface area contributed by atoms with E-state index in [1.165, 1.54) is 13.2 Å². The van der Waals surface area contributed by atoms with Gasteiger partial charge in [-0.15, -0.1) is 10.1 Å². The lowest BCUT2D eigenvalue weighted by atomic mass is 9.98. The fraction of sp³-hybridized carbons (Fsp3) is 0.133. The highest BCUT2D eigenvalue weighted by atomic mass is 16.9. The molecule has 2 aromatic carbocycles. The molecular weight excluding hydrogens is 290 g/mol. The topological polar surface area (TPSA) is 98.9 Å². The monoisotopic (exact) mass is 303 g/mol. The number of nitrogens with zero attached hydrogens (tertiary/aromatic N) is 1. The summed E-state index contributed by atoms with van der Waals surface area (Å²) in [5.74, 6) is -0.628. The van der Waals surface area contributed by atoms with Crippen LogP contribution in [0.2, 0.25) is 0 Å². The minimum absolute atomic E-state index is 0.148. The molecule has 22 heavy (non-hydrogen) atoms. The average molecular weight is 303 g/mol. The molecule has 0 aliphatic rings. The summed E-state index contributed by atoms with van der Waals surface area (Å²) < 4.78 is 5.26. The van der Waals surface area contributed by atoms with Crippen LogP contribution >= 0.6 is 0 Å². The Bertz CT molecular complexity index is 713. The van der Waals surface area contributed by atoms with E-state index in [-0.39, 0.29) is 12.2 Å². The molecule has 7 heteroatoms. The summed E-state index contributed by atoms with van der Waals surface area (Å²) in [6.45, 7) is -0.204. The van der Waals surface area contributed by atoms with Crippen molar-refractivity contribution in [2.45, 2.75) is 6.61 Å². The van der Waals surface area contributed by atoms with Gasteiger partial charge in [0.2, 0.25) is 0 Å². The molecule has 0 amide bonds. The van der Waals surface area contributed by atoms with Crippen LogP contribution in [0.3, 0.4) is 0 Å². The van der Waals surface area contributed by atoms with Crippen LogP contribution < -0.4 is 4.74 Å². The van der Waals surface area contributed by atoms with Gasteiger partial charge in [0.1, 0.15) is 12.4 Å². The molecule has 0 radical (unpaired) electrons. The minimum Gasteiger partial charge on any atom is -0.496 e. The maximum atomic E-state index is 11.3. The lowest BCUT2D eigenvalue weighted by Gasteiger charge is -2.12. The summed E-state index contributed by atoms with van der Waals surface area (Å²) in [5.41, 5.74) is 1.79. The summed E-state index contributed by atoms with van der Waals surface area (Å²) in [5, 5.41) is 18.6. The largest absolute Gasteiger partial charge is 0.496 e. The molecule has 0 atom stereocenters. The molecule has 114 valence electrons. The first-order chi connectivity index (χ1) is 10.5. The smallest absolute Gasteiger partial charge is 0.336 e. The van der Waals surface area contributed by atoms with Crippen LogP contribution in [0.1, 0.15) is 15.9 Å². The lowest BCUT2D eigenvalue weighted by Crippen LogP contribution is -2.02. The first-order valence-corrected chi connectivity index (χ1v) is 6.30. The van der Waals surface area contributed by atoms with Crippen molar-refractivity contribution in [3.63, 3.8) is 0 Å². The van der Waals surface area contributed by atoms with E-state index in [9.17, 15) is 20.0 Å². The van der Waals surface area contributed by atoms with E-state index in [0.717, 1.165) is 0 Å². The van der Waals surface area contributed by atoms with E-state index in [1.807, 2.05) is 0 Å². The zero-order valence-corrected chi connectivity index (χ0v) is 11.7. The third-order valence-corrected chi connectivity index (χ3v) is 3.05. The Morgan fingerprint density at radius 3 is 2.59 bits per heavy atom. The molecule has 0 spiro atoms. The SMILES string of the molecule is COc1cc(CO[N+](=O)[O-])ccc1-c1ccccc1C(=O)O. The van der Waals surface area contributed by atoms with Crippen LogP contribution in [-0.2, 0) is 11.4 Å². The standard InChI is InChI=1S/C15H13NO6/c1-21-14-8-10(9-22-16(19)20)6-7-12(14)11-4-2-3-5-13(11)15(17)18/h2-8H,9H2,1H3,(H,17,18). The van der Waals surface area contributed by atoms with Crippen molar-refractivity contribution >= 4 is 5.97 Å². The fourth-order valence-corrected chi connectivity index (χ4v) is 2.08. The second kappa shape index (κ2) is 6.57. The van der Waals surface area contributed by atoms with E-state index in [2.05, 4.69) is 4.84 Å². The third kappa shape index (κ3) is 3.32. The Labute approximate surface area is 125 Å². The van der Waals surface area contributed by atoms with Gasteiger partial charge < -0.3 is 14.7 Å². The van der Waals surface area contributed by atoms with Gasteiger partial charge in [-0.25, -0.2) is 4.79 Å². The maximum Gasteiger partial charge on any atom is 0.336 e. The molecule has 0 aromatic heterocycles. The molecule has 0 saturated heterocycles. The van der Waals surface area contributed by atoms with E-state index < -0.39 is 11.1 Å². The van der Waals surface area contributed by atoms with Crippen LogP contribution in [0.5, 0.6) is 5.75 Å². The quantitative estimate of drug-likeness (QED) is 0.650. The van der Waals surface area contributed by atoms with Crippen LogP contribution in [0.4, 0.5) is 0 Å². The Hall–Kier alpha value is -3.09. The summed E-state index contributed by atoms with van der Waals surface area (Å²) in [6.07, 6.45) is 0. The van der Waals surface area contributed by atoms with Crippen molar-refractivity contribution in [3.8, 4) is 16.9 Å². The highest BCUT2D eigenvalue weighted by Crippen LogP contribution is 2.33. The zero-order valence-electron chi connectivity index (χ0n) is 11.7. The van der Waals surface area contributed by atoms with Gasteiger partial charge in [0.25, 0.3) is 5.09 Å². The van der Waals surface area contributed by atoms with E-state index >= 15 is 0 Å². The summed E-state index contributed by atoms with van der Waals surface area (Å²) >= 11 is 0. The first kappa shape index (κ1) is 15.3. The molecule has 0 heterocycles. The average Bonchev–Trinajstić information content (AvgIpc) is 2.52. The Morgan fingerprint density at radius 2 is 1.95 bits per heavy atom. The van der Waals surface area contributed by atoms with Gasteiger partial charge in [-0.05, 0) is 23.3 Å². The molecule has 0 fully saturated rings. The molecular formula is C15H13NO6. The van der Waals surface area contributed by atoms with Gasteiger partial charge in [-0.3, -0.25) is 0 Å². The highest BCUT2D eigenvalue weighted by Gasteiger charge is 2.15. The molecule has 2 aromatic rings. The number of carbonyl (C=O) groups is 1. The van der Waals surface area contributed by atoms with Crippen LogP contribution in [-0.4, -0.2) is 23.3 Å². The maximum absolute atomic E-state index is 11.3. The molecule has 0 saturated carbocycles. The van der Waals surface area contributed by atoms with E-state index in [0.29, 0.717) is 22.4 Å². The first-order valence-electron chi connectivity index (χ1n) is 6.30. The second-order valence-corrected chi connectivity index (χ2v) is 4.38. The van der Waals surface area contributed by atoms with Crippen LogP contribution in [0.25, 0.3) is 11.1 Å². The number of hydrogen-bond acceptors (Lipinski definition) is 5. The van der Waals surface area contributed by atoms with Crippen molar-refractivity contribution in [3.05, 3.63) is 63.7 Å². The van der Waals surface area contributed by atoms with Crippen molar-refractivity contribution in [1.82, 2.24) is 0 Å². The molecule has 0 unspecified atom stereocenters. The van der Waals surface area contributed by atoms with Gasteiger partial charge >= 0.3 is 5.97 Å². The van der Waals surface area contributed by atoms with Crippen molar-refractivity contribution in [2.75, 3.05) is 7.11 Å². The summed E-state index contributed by atoms with van der Waals surface area (Å²) in [6, 6.07) is 11.4. The molecule has 7 nitrogen and oxygen atoms in total. The fourth-order valence-electron chi connectivity index (χ4n) is 2.08. The zero-order chi connectivity index (χ0) is 16.1. The Balaban J connectivity index is 2.44. The normalized spacial score (nSPS) is 10.0. The lowest BCUT2D eigenvalue weighted by molar-refractivity contribution is -0.763. The molecule has 2 rings (SSSR count). The van der Waals surface area contributed by atoms with Gasteiger partial charge in [0.05, 0.1) is 12.7 Å². The predicted octanol–water partition coefficient (Wildman–Crippen LogP) is 2.77. The predicted molar refractivity (Wildman–Crippen MR) is 77.2 cm³/mol. The molecule has 0 aliphatic heterocycles. The van der Waals surface area contributed by atoms with Gasteiger partial charge in [-0.2, -0.15) is 0 Å². The summed E-state index contributed by atoms with van der Waals surface area (Å²) in [7, 11) is 1.44. The Morgan fingerprint density at radius 1 is 1.23 bits per heavy atom. The second-order valence-electron chi connectivity index (χ2n) is 4.38. The summed E-state index contributed by atoms with van der Waals surface area (Å²) in [4.78, 5) is 25.8. The highest BCUT2D eigenvalue weighted by molar-refractivity contribution is 5.96. The van der Waals surface area contributed by atoms with Crippen molar-refractivity contribution in [2.24, 2.45) is 0 Å². The number of aromatic carboxylic acids is 1. The number of ether oxygens (including phenoxy) is 1. The van der Waals surface area contributed by atoms with E-state index in [1.54, 1.807) is 36.4 Å². The van der Waals surface area contributed by atoms with Gasteiger partial charge in [0, 0.05) is 5.56 Å². The third-order valence-electron chi connectivity index (χ3n) is 3.05. The molecule has 1 N–H and O–H groups in total. The van der Waals surface area contributed by atoms with Crippen molar-refractivity contribution in [1.29, 1.82) is 0 Å². The number of hydrogen-bond donors (Lipinski definition) is 1. The van der Waals surface area contributed by atoms with Crippen LogP contribution in [0.15, 0.2) is 42.5 Å². The number of carboxylic acids is 1. The van der Waals surface area contributed by atoms with Crippen LogP contribution in [0, 0.1) is 10.1 Å². The van der Waals surface area contributed by atoms with Gasteiger partial charge in [-0.1, -0.05) is 30.3 Å². The number of benzene rings is 2. The Kier molecular flexibility index (Phi) is 4.57. The molecule has 0 bridgehead atoms. The molecule has 0 aliphatic carbocycles. The van der Waals surface area contributed by atoms with Gasteiger partial charge in [0.15, 0.2) is 0 Å². The van der Waals surface area contributed by atoms with E-state index in [4.69, 9.17) is 4.74 Å². The number of carboxylic acid groups (broad SMARTS) is 1. The minimum atomic E-state index is -1.04. The van der Waals surface area contributed by atoms with Crippen molar-refractivity contribution < 1.29 is 24.6 Å².